The van der Waals surface area contributed by atoms with Gasteiger partial charge in [0, 0.05) is 30.2 Å². The quantitative estimate of drug-likeness (QED) is 0.913. The van der Waals surface area contributed by atoms with Crippen molar-refractivity contribution in [1.29, 1.82) is 0 Å². The number of sulfonamides is 1. The number of nitrogens with zero attached hydrogens (tertiary/aromatic N) is 1. The van der Waals surface area contributed by atoms with Crippen LogP contribution in [0, 0.1) is 0 Å². The summed E-state index contributed by atoms with van der Waals surface area (Å²) in [5.41, 5.74) is 0. The Morgan fingerprint density at radius 2 is 1.81 bits per heavy atom. The van der Waals surface area contributed by atoms with Gasteiger partial charge in [0.05, 0.1) is 5.02 Å². The molecule has 2 saturated heterocycles. The predicted molar refractivity (Wildman–Crippen MR) is 84.4 cm³/mol. The predicted octanol–water partition coefficient (Wildman–Crippen LogP) is 2.90. The Kier molecular flexibility index (Phi) is 4.23. The van der Waals surface area contributed by atoms with Crippen LogP contribution in [-0.2, 0) is 10.0 Å². The maximum atomic E-state index is 12.8. The molecule has 1 N–H and O–H groups in total. The molecule has 2 unspecified atom stereocenters. The van der Waals surface area contributed by atoms with Crippen molar-refractivity contribution in [2.75, 3.05) is 7.05 Å². The summed E-state index contributed by atoms with van der Waals surface area (Å²) in [5.74, 6) is 0. The molecule has 4 nitrogen and oxygen atoms in total. The Bertz CT molecular complexity index is 638. The normalized spacial score (nSPS) is 29.0. The van der Waals surface area contributed by atoms with Gasteiger partial charge in [-0.15, -0.1) is 0 Å². The van der Waals surface area contributed by atoms with Gasteiger partial charge in [-0.25, -0.2) is 8.42 Å². The number of rotatable bonds is 3. The Morgan fingerprint density at radius 3 is 2.43 bits per heavy atom. The van der Waals surface area contributed by atoms with Crippen molar-refractivity contribution in [1.82, 2.24) is 9.62 Å². The number of hydrogen-bond donors (Lipinski definition) is 1. The van der Waals surface area contributed by atoms with E-state index in [1.807, 2.05) is 0 Å². The molecule has 1 aromatic carbocycles. The highest BCUT2D eigenvalue weighted by Crippen LogP contribution is 2.33. The molecule has 0 aliphatic carbocycles. The minimum Gasteiger partial charge on any atom is -0.311 e. The standard InChI is InChI=1S/C14H18Cl2N2O2S/c1-18(12-7-10-3-4-11(8-12)17-10)21(19,20)14-6-9(15)2-5-13(14)16/h2,5-6,10-12,17H,3-4,7-8H2,1H3. The molecule has 21 heavy (non-hydrogen) atoms. The van der Waals surface area contributed by atoms with Crippen molar-refractivity contribution in [3.63, 3.8) is 0 Å². The molecular formula is C14H18Cl2N2O2S. The maximum Gasteiger partial charge on any atom is 0.244 e. The van der Waals surface area contributed by atoms with Gasteiger partial charge in [-0.2, -0.15) is 4.31 Å². The molecule has 2 aliphatic rings. The topological polar surface area (TPSA) is 49.4 Å². The molecule has 2 fully saturated rings. The lowest BCUT2D eigenvalue weighted by Crippen LogP contribution is -2.48. The molecule has 0 radical (unpaired) electrons. The van der Waals surface area contributed by atoms with Crippen LogP contribution in [0.25, 0.3) is 0 Å². The fraction of sp³-hybridized carbons (Fsp3) is 0.571. The molecule has 1 aromatic rings. The molecular weight excluding hydrogens is 331 g/mol. The van der Waals surface area contributed by atoms with Crippen LogP contribution < -0.4 is 5.32 Å². The lowest BCUT2D eigenvalue weighted by atomic mass is 10.0. The first-order valence-corrected chi connectivity index (χ1v) is 9.26. The van der Waals surface area contributed by atoms with Gasteiger partial charge in [0.25, 0.3) is 0 Å². The van der Waals surface area contributed by atoms with E-state index >= 15 is 0 Å². The average Bonchev–Trinajstić information content (AvgIpc) is 2.79. The maximum absolute atomic E-state index is 12.8. The minimum absolute atomic E-state index is 0.0174. The third-order valence-electron chi connectivity index (χ3n) is 4.51. The lowest BCUT2D eigenvalue weighted by molar-refractivity contribution is 0.251. The highest BCUT2D eigenvalue weighted by Gasteiger charge is 2.39. The Hall–Kier alpha value is -0.330. The van der Waals surface area contributed by atoms with Crippen LogP contribution in [0.1, 0.15) is 25.7 Å². The van der Waals surface area contributed by atoms with Gasteiger partial charge in [-0.1, -0.05) is 23.2 Å². The molecule has 2 atom stereocenters. The van der Waals surface area contributed by atoms with Crippen LogP contribution in [-0.4, -0.2) is 37.9 Å². The highest BCUT2D eigenvalue weighted by molar-refractivity contribution is 7.89. The van der Waals surface area contributed by atoms with E-state index in [-0.39, 0.29) is 16.0 Å². The number of halogens is 2. The second-order valence-corrected chi connectivity index (χ2v) is 8.67. The fourth-order valence-electron chi connectivity index (χ4n) is 3.35. The molecule has 2 heterocycles. The zero-order valence-electron chi connectivity index (χ0n) is 11.7. The Morgan fingerprint density at radius 1 is 1.19 bits per heavy atom. The fourth-order valence-corrected chi connectivity index (χ4v) is 5.46. The van der Waals surface area contributed by atoms with E-state index in [0.717, 1.165) is 25.7 Å². The molecule has 116 valence electrons. The Balaban J connectivity index is 1.89. The lowest BCUT2D eigenvalue weighted by Gasteiger charge is -2.35. The molecule has 7 heteroatoms. The Labute approximate surface area is 135 Å². The van der Waals surface area contributed by atoms with Gasteiger partial charge < -0.3 is 5.32 Å². The first kappa shape index (κ1) is 15.6. The summed E-state index contributed by atoms with van der Waals surface area (Å²) in [5, 5.41) is 4.10. The number of hydrogen-bond acceptors (Lipinski definition) is 3. The first-order valence-electron chi connectivity index (χ1n) is 7.07. The summed E-state index contributed by atoms with van der Waals surface area (Å²) in [7, 11) is -1.98. The van der Waals surface area contributed by atoms with E-state index in [2.05, 4.69) is 5.32 Å². The average molecular weight is 349 g/mol. The van der Waals surface area contributed by atoms with E-state index in [9.17, 15) is 8.42 Å². The van der Waals surface area contributed by atoms with Crippen molar-refractivity contribution in [2.45, 2.75) is 48.7 Å². The minimum atomic E-state index is -3.62. The SMILES string of the molecule is CN(C1CC2CCC(C1)N2)S(=O)(=O)c1cc(Cl)ccc1Cl. The molecule has 2 bridgehead atoms. The molecule has 0 aromatic heterocycles. The summed E-state index contributed by atoms with van der Waals surface area (Å²) in [6.07, 6.45) is 3.97. The smallest absolute Gasteiger partial charge is 0.244 e. The van der Waals surface area contributed by atoms with Crippen molar-refractivity contribution in [2.24, 2.45) is 0 Å². The first-order chi connectivity index (χ1) is 9.88. The van der Waals surface area contributed by atoms with Crippen molar-refractivity contribution in [3.05, 3.63) is 28.2 Å². The van der Waals surface area contributed by atoms with E-state index in [1.54, 1.807) is 13.1 Å². The monoisotopic (exact) mass is 348 g/mol. The zero-order chi connectivity index (χ0) is 15.2. The third kappa shape index (κ3) is 2.94. The van der Waals surface area contributed by atoms with Gasteiger partial charge in [-0.05, 0) is 43.9 Å². The van der Waals surface area contributed by atoms with Gasteiger partial charge >= 0.3 is 0 Å². The van der Waals surface area contributed by atoms with Crippen LogP contribution >= 0.6 is 23.2 Å². The molecule has 2 aliphatic heterocycles. The van der Waals surface area contributed by atoms with Crippen LogP contribution in [0.2, 0.25) is 10.0 Å². The van der Waals surface area contributed by atoms with E-state index < -0.39 is 10.0 Å². The number of fused-ring (bicyclic) bond motifs is 2. The second kappa shape index (κ2) is 5.70. The summed E-state index contributed by atoms with van der Waals surface area (Å²) >= 11 is 12.0. The van der Waals surface area contributed by atoms with Crippen LogP contribution in [0.4, 0.5) is 0 Å². The van der Waals surface area contributed by atoms with Crippen molar-refractivity contribution < 1.29 is 8.42 Å². The number of piperidine rings is 1. The number of nitrogens with one attached hydrogen (secondary N) is 1. The van der Waals surface area contributed by atoms with Crippen molar-refractivity contribution >= 4 is 33.2 Å². The molecule has 0 spiro atoms. The second-order valence-electron chi connectivity index (χ2n) is 5.86. The highest BCUT2D eigenvalue weighted by atomic mass is 35.5. The summed E-state index contributed by atoms with van der Waals surface area (Å²) in [6, 6.07) is 5.42. The van der Waals surface area contributed by atoms with Crippen molar-refractivity contribution in [3.8, 4) is 0 Å². The van der Waals surface area contributed by atoms with E-state index in [1.165, 1.54) is 16.4 Å². The largest absolute Gasteiger partial charge is 0.311 e. The van der Waals surface area contributed by atoms with Crippen LogP contribution in [0.5, 0.6) is 0 Å². The van der Waals surface area contributed by atoms with E-state index in [0.29, 0.717) is 17.1 Å². The van der Waals surface area contributed by atoms with Gasteiger partial charge in [-0.3, -0.25) is 0 Å². The van der Waals surface area contributed by atoms with Crippen LogP contribution in [0.15, 0.2) is 23.1 Å². The van der Waals surface area contributed by atoms with Gasteiger partial charge in [0.15, 0.2) is 0 Å². The molecule has 0 saturated carbocycles. The van der Waals surface area contributed by atoms with Gasteiger partial charge in [0.1, 0.15) is 4.90 Å². The summed E-state index contributed by atoms with van der Waals surface area (Å²) in [4.78, 5) is 0.0880. The molecule has 3 rings (SSSR count). The third-order valence-corrected chi connectivity index (χ3v) is 7.14. The zero-order valence-corrected chi connectivity index (χ0v) is 14.0. The van der Waals surface area contributed by atoms with Crippen LogP contribution in [0.3, 0.4) is 0 Å². The number of benzene rings is 1. The summed E-state index contributed by atoms with van der Waals surface area (Å²) in [6.45, 7) is 0. The van der Waals surface area contributed by atoms with Gasteiger partial charge in [0.2, 0.25) is 10.0 Å². The molecule has 0 amide bonds. The summed E-state index contributed by atoms with van der Waals surface area (Å²) < 4.78 is 27.1. The van der Waals surface area contributed by atoms with E-state index in [4.69, 9.17) is 23.2 Å².